The zero-order valence-corrected chi connectivity index (χ0v) is 11.4. The molecule has 0 aromatic heterocycles. The molecule has 1 aliphatic rings. The SMILES string of the molecule is CC1(O)CCN(c2cc(Br)ccc2C=O)CC1. The van der Waals surface area contributed by atoms with Crippen LogP contribution in [0, 0.1) is 0 Å². The van der Waals surface area contributed by atoms with Crippen molar-refractivity contribution < 1.29 is 9.90 Å². The first-order chi connectivity index (χ1) is 8.02. The maximum Gasteiger partial charge on any atom is 0.152 e. The fourth-order valence-electron chi connectivity index (χ4n) is 2.12. The molecular weight excluding hydrogens is 282 g/mol. The molecule has 4 heteroatoms. The van der Waals surface area contributed by atoms with E-state index in [0.717, 1.165) is 42.4 Å². The molecule has 1 N–H and O–H groups in total. The van der Waals surface area contributed by atoms with Crippen molar-refractivity contribution in [2.24, 2.45) is 0 Å². The van der Waals surface area contributed by atoms with Gasteiger partial charge in [0.1, 0.15) is 0 Å². The Kier molecular flexibility index (Phi) is 3.54. The van der Waals surface area contributed by atoms with Gasteiger partial charge in [0.25, 0.3) is 0 Å². The smallest absolute Gasteiger partial charge is 0.152 e. The Bertz CT molecular complexity index is 421. The van der Waals surface area contributed by atoms with Gasteiger partial charge >= 0.3 is 0 Å². The van der Waals surface area contributed by atoms with E-state index < -0.39 is 5.60 Å². The summed E-state index contributed by atoms with van der Waals surface area (Å²) in [4.78, 5) is 13.2. The summed E-state index contributed by atoms with van der Waals surface area (Å²) >= 11 is 3.42. The molecule has 1 saturated heterocycles. The highest BCUT2D eigenvalue weighted by atomic mass is 79.9. The van der Waals surface area contributed by atoms with E-state index >= 15 is 0 Å². The molecule has 1 aromatic rings. The topological polar surface area (TPSA) is 40.5 Å². The molecule has 1 aliphatic heterocycles. The minimum atomic E-state index is -0.566. The highest BCUT2D eigenvalue weighted by Crippen LogP contribution is 2.29. The van der Waals surface area contributed by atoms with E-state index in [1.807, 2.05) is 25.1 Å². The summed E-state index contributed by atoms with van der Waals surface area (Å²) in [5.74, 6) is 0. The van der Waals surface area contributed by atoms with Gasteiger partial charge in [-0.25, -0.2) is 0 Å². The highest BCUT2D eigenvalue weighted by molar-refractivity contribution is 9.10. The molecule has 0 amide bonds. The third kappa shape index (κ3) is 2.87. The van der Waals surface area contributed by atoms with E-state index in [0.29, 0.717) is 5.56 Å². The van der Waals surface area contributed by atoms with Crippen LogP contribution in [-0.4, -0.2) is 30.1 Å². The molecule has 0 radical (unpaired) electrons. The molecule has 1 heterocycles. The van der Waals surface area contributed by atoms with Gasteiger partial charge in [-0.05, 0) is 38.0 Å². The molecule has 0 unspecified atom stereocenters. The summed E-state index contributed by atoms with van der Waals surface area (Å²) in [7, 11) is 0. The Labute approximate surface area is 110 Å². The lowest BCUT2D eigenvalue weighted by atomic mass is 9.93. The van der Waals surface area contributed by atoms with E-state index in [1.54, 1.807) is 0 Å². The molecule has 3 nitrogen and oxygen atoms in total. The van der Waals surface area contributed by atoms with Crippen molar-refractivity contribution in [2.75, 3.05) is 18.0 Å². The number of aliphatic hydroxyl groups is 1. The number of hydrogen-bond acceptors (Lipinski definition) is 3. The summed E-state index contributed by atoms with van der Waals surface area (Å²) in [5, 5.41) is 9.91. The quantitative estimate of drug-likeness (QED) is 0.853. The Morgan fingerprint density at radius 3 is 2.65 bits per heavy atom. The summed E-state index contributed by atoms with van der Waals surface area (Å²) in [5.41, 5.74) is 1.09. The molecule has 1 aromatic carbocycles. The van der Waals surface area contributed by atoms with Gasteiger partial charge < -0.3 is 10.0 Å². The second-order valence-electron chi connectivity index (χ2n) is 4.80. The number of aldehydes is 1. The highest BCUT2D eigenvalue weighted by Gasteiger charge is 2.28. The number of benzene rings is 1. The first-order valence-electron chi connectivity index (χ1n) is 5.74. The van der Waals surface area contributed by atoms with Gasteiger partial charge in [0.15, 0.2) is 6.29 Å². The van der Waals surface area contributed by atoms with Crippen LogP contribution in [0.15, 0.2) is 22.7 Å². The number of halogens is 1. The van der Waals surface area contributed by atoms with E-state index in [-0.39, 0.29) is 0 Å². The second-order valence-corrected chi connectivity index (χ2v) is 5.72. The van der Waals surface area contributed by atoms with Gasteiger partial charge in [-0.15, -0.1) is 0 Å². The Morgan fingerprint density at radius 2 is 2.06 bits per heavy atom. The first-order valence-corrected chi connectivity index (χ1v) is 6.53. The second kappa shape index (κ2) is 4.78. The third-order valence-electron chi connectivity index (χ3n) is 3.30. The predicted octanol–water partition coefficient (Wildman–Crippen LogP) is 2.61. The average molecular weight is 298 g/mol. The number of carbonyl (C=O) groups excluding carboxylic acids is 1. The summed E-state index contributed by atoms with van der Waals surface area (Å²) < 4.78 is 0.968. The van der Waals surface area contributed by atoms with Crippen LogP contribution in [0.1, 0.15) is 30.1 Å². The lowest BCUT2D eigenvalue weighted by Crippen LogP contribution is -2.42. The van der Waals surface area contributed by atoms with Gasteiger partial charge in [-0.2, -0.15) is 0 Å². The molecule has 1 fully saturated rings. The van der Waals surface area contributed by atoms with Crippen molar-refractivity contribution in [1.82, 2.24) is 0 Å². The molecule has 0 atom stereocenters. The van der Waals surface area contributed by atoms with Gasteiger partial charge in [0.05, 0.1) is 5.60 Å². The fraction of sp³-hybridized carbons (Fsp3) is 0.462. The number of nitrogens with zero attached hydrogens (tertiary/aromatic N) is 1. The van der Waals surface area contributed by atoms with Crippen LogP contribution in [0.2, 0.25) is 0 Å². The van der Waals surface area contributed by atoms with Gasteiger partial charge in [0, 0.05) is 28.8 Å². The lowest BCUT2D eigenvalue weighted by Gasteiger charge is -2.37. The normalized spacial score (nSPS) is 19.1. The Morgan fingerprint density at radius 1 is 1.41 bits per heavy atom. The van der Waals surface area contributed by atoms with Crippen molar-refractivity contribution in [3.05, 3.63) is 28.2 Å². The predicted molar refractivity (Wildman–Crippen MR) is 71.6 cm³/mol. The van der Waals surface area contributed by atoms with E-state index in [9.17, 15) is 9.90 Å². The molecule has 17 heavy (non-hydrogen) atoms. The van der Waals surface area contributed by atoms with Crippen molar-refractivity contribution in [2.45, 2.75) is 25.4 Å². The summed E-state index contributed by atoms with van der Waals surface area (Å²) in [6.07, 6.45) is 2.35. The monoisotopic (exact) mass is 297 g/mol. The summed E-state index contributed by atoms with van der Waals surface area (Å²) in [6.45, 7) is 3.43. The number of carbonyl (C=O) groups is 1. The largest absolute Gasteiger partial charge is 0.390 e. The molecule has 92 valence electrons. The van der Waals surface area contributed by atoms with Crippen molar-refractivity contribution in [1.29, 1.82) is 0 Å². The molecular formula is C13H16BrNO2. The van der Waals surface area contributed by atoms with Crippen LogP contribution in [0.25, 0.3) is 0 Å². The maximum atomic E-state index is 11.0. The number of hydrogen-bond donors (Lipinski definition) is 1. The van der Waals surface area contributed by atoms with Crippen molar-refractivity contribution >= 4 is 27.9 Å². The molecule has 0 spiro atoms. The zero-order valence-electron chi connectivity index (χ0n) is 9.82. The van der Waals surface area contributed by atoms with Crippen LogP contribution < -0.4 is 4.90 Å². The van der Waals surface area contributed by atoms with Gasteiger partial charge in [-0.1, -0.05) is 15.9 Å². The summed E-state index contributed by atoms with van der Waals surface area (Å²) in [6, 6.07) is 5.65. The molecule has 0 bridgehead atoms. The Balaban J connectivity index is 2.23. The van der Waals surface area contributed by atoms with E-state index in [1.165, 1.54) is 0 Å². The van der Waals surface area contributed by atoms with E-state index in [4.69, 9.17) is 0 Å². The van der Waals surface area contributed by atoms with Crippen molar-refractivity contribution in [3.63, 3.8) is 0 Å². The lowest BCUT2D eigenvalue weighted by molar-refractivity contribution is 0.0351. The molecule has 0 aliphatic carbocycles. The van der Waals surface area contributed by atoms with Gasteiger partial charge in [-0.3, -0.25) is 4.79 Å². The minimum absolute atomic E-state index is 0.566. The number of piperidine rings is 1. The standard InChI is InChI=1S/C13H16BrNO2/c1-13(17)4-6-15(7-5-13)12-8-11(14)3-2-10(12)9-16/h2-3,8-9,17H,4-7H2,1H3. The minimum Gasteiger partial charge on any atom is -0.390 e. The number of anilines is 1. The molecule has 0 saturated carbocycles. The van der Waals surface area contributed by atoms with Crippen LogP contribution in [-0.2, 0) is 0 Å². The third-order valence-corrected chi connectivity index (χ3v) is 3.79. The van der Waals surface area contributed by atoms with Crippen LogP contribution in [0.5, 0.6) is 0 Å². The van der Waals surface area contributed by atoms with Crippen molar-refractivity contribution in [3.8, 4) is 0 Å². The molecule has 2 rings (SSSR count). The maximum absolute atomic E-state index is 11.0. The zero-order chi connectivity index (χ0) is 12.5. The first kappa shape index (κ1) is 12.6. The number of rotatable bonds is 2. The van der Waals surface area contributed by atoms with Gasteiger partial charge in [0.2, 0.25) is 0 Å². The van der Waals surface area contributed by atoms with Crippen LogP contribution in [0.4, 0.5) is 5.69 Å². The van der Waals surface area contributed by atoms with E-state index in [2.05, 4.69) is 20.8 Å². The fourth-order valence-corrected chi connectivity index (χ4v) is 2.47. The van der Waals surface area contributed by atoms with Crippen LogP contribution in [0.3, 0.4) is 0 Å². The average Bonchev–Trinajstić information content (AvgIpc) is 2.29. The van der Waals surface area contributed by atoms with Crippen LogP contribution >= 0.6 is 15.9 Å². The Hall–Kier alpha value is -0.870.